The molecular weight excluding hydrogens is 292 g/mol. The summed E-state index contributed by atoms with van der Waals surface area (Å²) in [4.78, 5) is 2.27. The number of aliphatic hydroxyl groups is 1. The number of furan rings is 1. The highest BCUT2D eigenvalue weighted by Crippen LogP contribution is 2.24. The molecule has 7 heteroatoms. The molecule has 2 rings (SSSR count). The van der Waals surface area contributed by atoms with E-state index in [9.17, 15) is 8.42 Å². The Labute approximate surface area is 126 Å². The number of piperidine rings is 1. The van der Waals surface area contributed by atoms with Gasteiger partial charge in [0.05, 0.1) is 6.54 Å². The summed E-state index contributed by atoms with van der Waals surface area (Å²) < 4.78 is 30.6. The van der Waals surface area contributed by atoms with E-state index in [-0.39, 0.29) is 11.7 Å². The van der Waals surface area contributed by atoms with Crippen LogP contribution in [0.4, 0.5) is 0 Å². The van der Waals surface area contributed by atoms with Gasteiger partial charge in [-0.3, -0.25) is 4.90 Å². The molecular formula is C14H24N2O4S. The molecule has 1 aliphatic heterocycles. The normalized spacial score (nSPS) is 21.0. The number of sulfonamides is 1. The summed E-state index contributed by atoms with van der Waals surface area (Å²) in [7, 11) is -0.541. The molecule has 1 aromatic heterocycles. The van der Waals surface area contributed by atoms with E-state index in [4.69, 9.17) is 9.52 Å². The number of hydrogen-bond donors (Lipinski definition) is 1. The van der Waals surface area contributed by atoms with Gasteiger partial charge in [0.25, 0.3) is 10.0 Å². The van der Waals surface area contributed by atoms with Crippen molar-refractivity contribution in [1.29, 1.82) is 0 Å². The van der Waals surface area contributed by atoms with Crippen LogP contribution in [0.3, 0.4) is 0 Å². The standard InChI is InChI=1S/C14H24N2O4S/c1-15(2)21(18,19)14-7-6-13(20-14)11-16-9-4-3-5-12(16)8-10-17/h6-7,12,17H,3-5,8-11H2,1-2H3. The average Bonchev–Trinajstić information content (AvgIpc) is 2.90. The van der Waals surface area contributed by atoms with Gasteiger partial charge in [0.15, 0.2) is 0 Å². The molecule has 0 radical (unpaired) electrons. The lowest BCUT2D eigenvalue weighted by Gasteiger charge is -2.34. The molecule has 120 valence electrons. The third-order valence-electron chi connectivity index (χ3n) is 3.94. The largest absolute Gasteiger partial charge is 0.447 e. The molecule has 6 nitrogen and oxygen atoms in total. The quantitative estimate of drug-likeness (QED) is 0.855. The maximum absolute atomic E-state index is 12.0. The van der Waals surface area contributed by atoms with E-state index in [0.717, 1.165) is 30.1 Å². The van der Waals surface area contributed by atoms with Gasteiger partial charge in [0, 0.05) is 26.7 Å². The molecule has 1 N–H and O–H groups in total. The number of likely N-dealkylation sites (tertiary alicyclic amines) is 1. The van der Waals surface area contributed by atoms with Crippen molar-refractivity contribution < 1.29 is 17.9 Å². The molecule has 21 heavy (non-hydrogen) atoms. The van der Waals surface area contributed by atoms with Gasteiger partial charge in [-0.2, -0.15) is 0 Å². The van der Waals surface area contributed by atoms with Gasteiger partial charge < -0.3 is 9.52 Å². The van der Waals surface area contributed by atoms with Crippen LogP contribution in [-0.2, 0) is 16.6 Å². The van der Waals surface area contributed by atoms with E-state index in [1.807, 2.05) is 0 Å². The molecule has 0 aromatic carbocycles. The second-order valence-corrected chi connectivity index (χ2v) is 7.72. The van der Waals surface area contributed by atoms with Crippen molar-refractivity contribution >= 4 is 10.0 Å². The SMILES string of the molecule is CN(C)S(=O)(=O)c1ccc(CN2CCCCC2CCO)o1. The lowest BCUT2D eigenvalue weighted by atomic mass is 9.99. The lowest BCUT2D eigenvalue weighted by molar-refractivity contribution is 0.103. The molecule has 1 fully saturated rings. The van der Waals surface area contributed by atoms with Gasteiger partial charge in [-0.25, -0.2) is 12.7 Å². The van der Waals surface area contributed by atoms with Crippen molar-refractivity contribution in [2.45, 2.75) is 43.4 Å². The Kier molecular flexibility index (Phi) is 5.43. The van der Waals surface area contributed by atoms with Crippen LogP contribution >= 0.6 is 0 Å². The molecule has 1 aromatic rings. The molecule has 1 atom stereocenters. The van der Waals surface area contributed by atoms with E-state index in [0.29, 0.717) is 18.3 Å². The molecule has 1 aliphatic rings. The van der Waals surface area contributed by atoms with E-state index in [1.54, 1.807) is 6.07 Å². The predicted octanol–water partition coefficient (Wildman–Crippen LogP) is 1.27. The summed E-state index contributed by atoms with van der Waals surface area (Å²) in [6, 6.07) is 3.58. The zero-order chi connectivity index (χ0) is 15.5. The van der Waals surface area contributed by atoms with Gasteiger partial charge in [-0.05, 0) is 37.9 Å². The summed E-state index contributed by atoms with van der Waals surface area (Å²) in [5, 5.41) is 9.12. The first-order valence-electron chi connectivity index (χ1n) is 7.31. The lowest BCUT2D eigenvalue weighted by Crippen LogP contribution is -2.39. The zero-order valence-corrected chi connectivity index (χ0v) is 13.5. The maximum atomic E-state index is 12.0. The van der Waals surface area contributed by atoms with E-state index >= 15 is 0 Å². The van der Waals surface area contributed by atoms with Crippen LogP contribution in [-0.4, -0.2) is 56.0 Å². The topological polar surface area (TPSA) is 74.0 Å². The van der Waals surface area contributed by atoms with Gasteiger partial charge in [-0.1, -0.05) is 6.42 Å². The van der Waals surface area contributed by atoms with Crippen molar-refractivity contribution in [3.63, 3.8) is 0 Å². The van der Waals surface area contributed by atoms with Crippen LogP contribution < -0.4 is 0 Å². The predicted molar refractivity (Wildman–Crippen MR) is 79.3 cm³/mol. The molecule has 0 aliphatic carbocycles. The van der Waals surface area contributed by atoms with Gasteiger partial charge in [0.1, 0.15) is 5.76 Å². The Morgan fingerprint density at radius 1 is 1.38 bits per heavy atom. The van der Waals surface area contributed by atoms with Crippen LogP contribution in [0.15, 0.2) is 21.6 Å². The fraction of sp³-hybridized carbons (Fsp3) is 0.714. The average molecular weight is 316 g/mol. The minimum atomic E-state index is -3.51. The summed E-state index contributed by atoms with van der Waals surface area (Å²) in [6.45, 7) is 1.73. The second kappa shape index (κ2) is 6.91. The summed E-state index contributed by atoms with van der Waals surface area (Å²) >= 11 is 0. The molecule has 1 unspecified atom stereocenters. The molecule has 2 heterocycles. The summed E-state index contributed by atoms with van der Waals surface area (Å²) in [5.74, 6) is 0.653. The monoisotopic (exact) mass is 316 g/mol. The van der Waals surface area contributed by atoms with Gasteiger partial charge >= 0.3 is 0 Å². The highest BCUT2D eigenvalue weighted by Gasteiger charge is 2.25. The number of nitrogens with zero attached hydrogens (tertiary/aromatic N) is 2. The highest BCUT2D eigenvalue weighted by molar-refractivity contribution is 7.88. The van der Waals surface area contributed by atoms with Crippen molar-refractivity contribution in [2.24, 2.45) is 0 Å². The molecule has 0 saturated carbocycles. The molecule has 0 bridgehead atoms. The first kappa shape index (κ1) is 16.5. The molecule has 0 amide bonds. The van der Waals surface area contributed by atoms with E-state index < -0.39 is 10.0 Å². The number of hydrogen-bond acceptors (Lipinski definition) is 5. The Balaban J connectivity index is 2.08. The number of aliphatic hydroxyl groups excluding tert-OH is 1. The van der Waals surface area contributed by atoms with E-state index in [2.05, 4.69) is 4.90 Å². The van der Waals surface area contributed by atoms with Gasteiger partial charge in [0.2, 0.25) is 5.09 Å². The van der Waals surface area contributed by atoms with Crippen molar-refractivity contribution in [3.05, 3.63) is 17.9 Å². The minimum Gasteiger partial charge on any atom is -0.447 e. The van der Waals surface area contributed by atoms with Crippen LogP contribution in [0.5, 0.6) is 0 Å². The highest BCUT2D eigenvalue weighted by atomic mass is 32.2. The third-order valence-corrected chi connectivity index (χ3v) is 5.63. The Bertz CT molecular complexity index is 551. The van der Waals surface area contributed by atoms with Crippen molar-refractivity contribution in [3.8, 4) is 0 Å². The first-order valence-corrected chi connectivity index (χ1v) is 8.75. The van der Waals surface area contributed by atoms with Crippen LogP contribution in [0.25, 0.3) is 0 Å². The fourth-order valence-corrected chi connectivity index (χ4v) is 3.52. The van der Waals surface area contributed by atoms with E-state index in [1.165, 1.54) is 26.6 Å². The smallest absolute Gasteiger partial charge is 0.275 e. The number of rotatable bonds is 6. The minimum absolute atomic E-state index is 0.0155. The first-order chi connectivity index (χ1) is 9.95. The molecule has 1 saturated heterocycles. The van der Waals surface area contributed by atoms with Crippen LogP contribution in [0, 0.1) is 0 Å². The Hall–Kier alpha value is -0.890. The Morgan fingerprint density at radius 3 is 2.81 bits per heavy atom. The summed E-state index contributed by atoms with van der Waals surface area (Å²) in [5.41, 5.74) is 0. The van der Waals surface area contributed by atoms with Crippen molar-refractivity contribution in [1.82, 2.24) is 9.21 Å². The zero-order valence-electron chi connectivity index (χ0n) is 12.7. The van der Waals surface area contributed by atoms with Crippen LogP contribution in [0.2, 0.25) is 0 Å². The van der Waals surface area contributed by atoms with Crippen molar-refractivity contribution in [2.75, 3.05) is 27.2 Å². The Morgan fingerprint density at radius 2 is 2.14 bits per heavy atom. The fourth-order valence-electron chi connectivity index (χ4n) is 2.71. The third kappa shape index (κ3) is 3.85. The maximum Gasteiger partial charge on any atom is 0.275 e. The summed E-state index contributed by atoms with van der Waals surface area (Å²) in [6.07, 6.45) is 4.14. The molecule has 0 spiro atoms. The van der Waals surface area contributed by atoms with Crippen LogP contribution in [0.1, 0.15) is 31.4 Å². The van der Waals surface area contributed by atoms with Gasteiger partial charge in [-0.15, -0.1) is 0 Å². The second-order valence-electron chi connectivity index (χ2n) is 5.64.